The lowest BCUT2D eigenvalue weighted by molar-refractivity contribution is -0.125. The first-order valence-electron chi connectivity index (χ1n) is 11.4. The second-order valence-corrected chi connectivity index (χ2v) is 9.12. The summed E-state index contributed by atoms with van der Waals surface area (Å²) in [7, 11) is 1.88. The van der Waals surface area contributed by atoms with Gasteiger partial charge in [-0.15, -0.1) is 0 Å². The third-order valence-electron chi connectivity index (χ3n) is 6.92. The number of aryl methyl sites for hydroxylation is 1. The molecular weight excluding hydrogens is 428 g/mol. The number of nitrogens with two attached hydrogens (primary N) is 1. The maximum Gasteiger partial charge on any atom is 0.245 e. The van der Waals surface area contributed by atoms with Crippen LogP contribution in [0.25, 0.3) is 11.1 Å². The number of nitrogens with one attached hydrogen (secondary N) is 2. The minimum atomic E-state index is 0.00719. The Balaban J connectivity index is 1.32. The minimum Gasteiger partial charge on any atom is -0.383 e. The number of aromatic nitrogens is 4. The number of anilines is 2. The van der Waals surface area contributed by atoms with Gasteiger partial charge in [0.2, 0.25) is 5.91 Å². The van der Waals surface area contributed by atoms with E-state index in [-0.39, 0.29) is 23.5 Å². The summed E-state index contributed by atoms with van der Waals surface area (Å²) in [4.78, 5) is 22.4. The predicted octanol–water partition coefficient (Wildman–Crippen LogP) is 2.71. The summed E-state index contributed by atoms with van der Waals surface area (Å²) in [5, 5.41) is 16.6. The van der Waals surface area contributed by atoms with E-state index >= 15 is 0 Å². The Morgan fingerprint density at radius 3 is 2.50 bits per heavy atom. The van der Waals surface area contributed by atoms with Gasteiger partial charge < -0.3 is 16.0 Å². The Bertz CT molecular complexity index is 1230. The van der Waals surface area contributed by atoms with Gasteiger partial charge in [-0.1, -0.05) is 30.8 Å². The van der Waals surface area contributed by atoms with Gasteiger partial charge in [0.15, 0.2) is 0 Å². The van der Waals surface area contributed by atoms with Crippen molar-refractivity contribution in [1.82, 2.24) is 24.6 Å². The second kappa shape index (κ2) is 8.74. The maximum atomic E-state index is 11.9. The highest BCUT2D eigenvalue weighted by molar-refractivity contribution is 6.16. The number of nitrogen functional groups attached to an aromatic ring is 1. The monoisotopic (exact) mass is 456 g/mol. The van der Waals surface area contributed by atoms with Crippen LogP contribution in [-0.4, -0.2) is 55.4 Å². The molecule has 1 aliphatic carbocycles. The third-order valence-corrected chi connectivity index (χ3v) is 6.92. The fourth-order valence-electron chi connectivity index (χ4n) is 5.22. The van der Waals surface area contributed by atoms with Gasteiger partial charge in [0, 0.05) is 43.5 Å². The lowest BCUT2D eigenvalue weighted by Gasteiger charge is -2.20. The largest absolute Gasteiger partial charge is 0.383 e. The molecule has 0 bridgehead atoms. The molecule has 2 fully saturated rings. The van der Waals surface area contributed by atoms with Crippen LogP contribution in [0.2, 0.25) is 0 Å². The molecule has 2 unspecified atom stereocenters. The normalized spacial score (nSPS) is 21.3. The van der Waals surface area contributed by atoms with Crippen LogP contribution in [-0.2, 0) is 11.8 Å². The summed E-state index contributed by atoms with van der Waals surface area (Å²) in [6, 6.07) is 7.98. The minimum absolute atomic E-state index is 0.00719. The third kappa shape index (κ3) is 4.05. The number of likely N-dealkylation sites (tertiary alicyclic amines) is 1. The summed E-state index contributed by atoms with van der Waals surface area (Å²) in [5.41, 5.74) is 9.79. The molecular formula is C25H28N8O. The van der Waals surface area contributed by atoms with Gasteiger partial charge in [0.05, 0.1) is 17.5 Å². The van der Waals surface area contributed by atoms with E-state index in [1.54, 1.807) is 4.68 Å². The van der Waals surface area contributed by atoms with Gasteiger partial charge in [-0.05, 0) is 36.3 Å². The van der Waals surface area contributed by atoms with Crippen LogP contribution in [0.15, 0.2) is 55.6 Å². The molecule has 4 N–H and O–H groups in total. The van der Waals surface area contributed by atoms with Gasteiger partial charge in [-0.2, -0.15) is 5.10 Å². The van der Waals surface area contributed by atoms with Crippen LogP contribution < -0.4 is 11.1 Å². The molecule has 3 heterocycles. The van der Waals surface area contributed by atoms with E-state index in [4.69, 9.17) is 11.1 Å². The number of carbonyl (C=O) groups is 1. The molecule has 1 amide bonds. The number of fused-ring (bicyclic) bond motifs is 1. The fourth-order valence-corrected chi connectivity index (χ4v) is 5.22. The van der Waals surface area contributed by atoms with E-state index in [0.29, 0.717) is 23.2 Å². The highest BCUT2D eigenvalue weighted by atomic mass is 16.2. The first kappa shape index (κ1) is 21.8. The topological polar surface area (TPSA) is 126 Å². The zero-order valence-corrected chi connectivity index (χ0v) is 19.1. The van der Waals surface area contributed by atoms with Crippen LogP contribution >= 0.6 is 0 Å². The Morgan fingerprint density at radius 1 is 1.18 bits per heavy atom. The molecule has 2 atom stereocenters. The highest BCUT2D eigenvalue weighted by Gasteiger charge is 2.42. The summed E-state index contributed by atoms with van der Waals surface area (Å²) < 4.78 is 1.76. The number of rotatable bonds is 6. The van der Waals surface area contributed by atoms with Crippen molar-refractivity contribution in [3.8, 4) is 11.1 Å². The number of hydrogen-bond acceptors (Lipinski definition) is 7. The molecule has 5 rings (SSSR count). The Labute approximate surface area is 198 Å². The lowest BCUT2D eigenvalue weighted by Crippen LogP contribution is -2.30. The fraction of sp³-hybridized carbons (Fsp3) is 0.320. The first-order valence-corrected chi connectivity index (χ1v) is 11.4. The smallest absolute Gasteiger partial charge is 0.245 e. The number of nitrogens with zero attached hydrogens (tertiary/aromatic N) is 5. The number of hydrogen-bond donors (Lipinski definition) is 3. The van der Waals surface area contributed by atoms with E-state index < -0.39 is 0 Å². The van der Waals surface area contributed by atoms with Crippen molar-refractivity contribution < 1.29 is 4.79 Å². The predicted molar refractivity (Wildman–Crippen MR) is 131 cm³/mol. The van der Waals surface area contributed by atoms with Crippen molar-refractivity contribution in [3.63, 3.8) is 0 Å². The van der Waals surface area contributed by atoms with Crippen molar-refractivity contribution in [2.45, 2.75) is 18.9 Å². The molecule has 0 spiro atoms. The molecule has 2 aliphatic rings. The van der Waals surface area contributed by atoms with Crippen molar-refractivity contribution in [1.29, 1.82) is 5.41 Å². The molecule has 1 aliphatic heterocycles. The molecule has 0 radical (unpaired) electrons. The van der Waals surface area contributed by atoms with E-state index in [1.165, 1.54) is 12.4 Å². The van der Waals surface area contributed by atoms with Crippen LogP contribution in [0, 0.1) is 17.2 Å². The summed E-state index contributed by atoms with van der Waals surface area (Å²) in [5.74, 6) is 1.79. The van der Waals surface area contributed by atoms with Crippen molar-refractivity contribution in [2.75, 3.05) is 24.1 Å². The molecule has 174 valence electrons. The van der Waals surface area contributed by atoms with Gasteiger partial charge in [0.1, 0.15) is 18.0 Å². The maximum absolute atomic E-state index is 11.9. The number of amides is 1. The lowest BCUT2D eigenvalue weighted by atomic mass is 10.00. The highest BCUT2D eigenvalue weighted by Crippen LogP contribution is 2.39. The average molecular weight is 457 g/mol. The van der Waals surface area contributed by atoms with Gasteiger partial charge in [-0.25, -0.2) is 9.97 Å². The standard InChI is InChI=1S/C25H28N8O/c1-3-21(34)33-12-17-8-20(9-18(17)13-33)31-25-22(24(27)28-14-29-25)23(26)16-6-4-15(5-7-16)19-10-30-32(2)11-19/h3-7,10-11,14,17-18,20,26H,1,8-9,12-13H2,2H3,(H3,27,28,29,31). The number of carbonyl (C=O) groups excluding carboxylic acids is 1. The van der Waals surface area contributed by atoms with Crippen molar-refractivity contribution >= 4 is 23.3 Å². The van der Waals surface area contributed by atoms with Crippen LogP contribution in [0.1, 0.15) is 24.0 Å². The quantitative estimate of drug-likeness (QED) is 0.387. The Kier molecular flexibility index (Phi) is 5.61. The Hall–Kier alpha value is -4.01. The molecule has 1 saturated heterocycles. The molecule has 3 aromatic rings. The summed E-state index contributed by atoms with van der Waals surface area (Å²) in [6.07, 6.45) is 8.48. The van der Waals surface area contributed by atoms with Gasteiger partial charge in [0.25, 0.3) is 0 Å². The van der Waals surface area contributed by atoms with Crippen LogP contribution in [0.4, 0.5) is 11.6 Å². The summed E-state index contributed by atoms with van der Waals surface area (Å²) >= 11 is 0. The molecule has 1 aromatic carbocycles. The molecule has 1 saturated carbocycles. The SMILES string of the molecule is C=CC(=O)N1CC2CC(Nc3ncnc(N)c3C(=N)c3ccc(-c4cnn(C)c4)cc3)CC2C1. The zero-order chi connectivity index (χ0) is 23.8. The number of benzene rings is 1. The average Bonchev–Trinajstić information content (AvgIpc) is 3.53. The van der Waals surface area contributed by atoms with Gasteiger partial charge in [-0.3, -0.25) is 14.9 Å². The van der Waals surface area contributed by atoms with E-state index in [2.05, 4.69) is 27.0 Å². The van der Waals surface area contributed by atoms with Crippen LogP contribution in [0.5, 0.6) is 0 Å². The molecule has 9 nitrogen and oxygen atoms in total. The Morgan fingerprint density at radius 2 is 1.88 bits per heavy atom. The molecule has 2 aromatic heterocycles. The summed E-state index contributed by atoms with van der Waals surface area (Å²) in [6.45, 7) is 5.14. The van der Waals surface area contributed by atoms with Crippen molar-refractivity contribution in [2.24, 2.45) is 18.9 Å². The van der Waals surface area contributed by atoms with E-state index in [9.17, 15) is 4.79 Å². The van der Waals surface area contributed by atoms with Gasteiger partial charge >= 0.3 is 0 Å². The van der Waals surface area contributed by atoms with E-state index in [1.807, 2.05) is 48.6 Å². The van der Waals surface area contributed by atoms with E-state index in [0.717, 1.165) is 42.6 Å². The molecule has 9 heteroatoms. The molecule has 34 heavy (non-hydrogen) atoms. The van der Waals surface area contributed by atoms with Crippen LogP contribution in [0.3, 0.4) is 0 Å². The second-order valence-electron chi connectivity index (χ2n) is 9.12. The first-order chi connectivity index (χ1) is 16.4. The van der Waals surface area contributed by atoms with Crippen molar-refractivity contribution in [3.05, 3.63) is 66.8 Å². The zero-order valence-electron chi connectivity index (χ0n) is 19.1.